The molecule has 9 nitrogen and oxygen atoms in total. The number of carbonyl (C=O) groups excluding carboxylic acids is 1. The van der Waals surface area contributed by atoms with Crippen LogP contribution in [0.1, 0.15) is 25.3 Å². The van der Waals surface area contributed by atoms with Crippen LogP contribution in [0.4, 0.5) is 23.5 Å². The van der Waals surface area contributed by atoms with Crippen molar-refractivity contribution in [3.05, 3.63) is 41.5 Å². The number of ketones is 1. The minimum atomic E-state index is 0.148. The molecule has 5 rings (SSSR count). The molecule has 0 bridgehead atoms. The number of aromatic nitrogens is 3. The van der Waals surface area contributed by atoms with Gasteiger partial charge in [0.15, 0.2) is 0 Å². The van der Waals surface area contributed by atoms with Crippen molar-refractivity contribution >= 4 is 35.2 Å². The molecule has 33 heavy (non-hydrogen) atoms. The van der Waals surface area contributed by atoms with Crippen molar-refractivity contribution in [1.29, 1.82) is 0 Å². The van der Waals surface area contributed by atoms with Crippen LogP contribution in [0.15, 0.2) is 40.9 Å². The summed E-state index contributed by atoms with van der Waals surface area (Å²) in [7, 11) is 2.13. The van der Waals surface area contributed by atoms with Crippen molar-refractivity contribution in [1.82, 2.24) is 19.9 Å². The van der Waals surface area contributed by atoms with Gasteiger partial charge in [-0.2, -0.15) is 15.0 Å². The molecule has 2 fully saturated rings. The molecule has 0 spiro atoms. The van der Waals surface area contributed by atoms with E-state index in [0.29, 0.717) is 30.2 Å². The van der Waals surface area contributed by atoms with Gasteiger partial charge in [0.05, 0.1) is 6.54 Å². The van der Waals surface area contributed by atoms with E-state index in [1.54, 1.807) is 6.92 Å². The fourth-order valence-corrected chi connectivity index (χ4v) is 4.08. The van der Waals surface area contributed by atoms with Crippen LogP contribution in [0.2, 0.25) is 0 Å². The van der Waals surface area contributed by atoms with E-state index in [2.05, 4.69) is 43.5 Å². The number of hydrogen-bond donors (Lipinski definition) is 2. The minimum absolute atomic E-state index is 0.148. The molecule has 1 saturated carbocycles. The predicted molar refractivity (Wildman–Crippen MR) is 130 cm³/mol. The van der Waals surface area contributed by atoms with Crippen LogP contribution in [0.25, 0.3) is 0 Å². The van der Waals surface area contributed by atoms with Gasteiger partial charge in [-0.3, -0.25) is 9.79 Å². The first-order valence-corrected chi connectivity index (χ1v) is 11.6. The van der Waals surface area contributed by atoms with Crippen molar-refractivity contribution in [3.8, 4) is 0 Å². The number of aliphatic imine (C=N–C) groups is 1. The van der Waals surface area contributed by atoms with E-state index in [0.717, 1.165) is 49.8 Å². The third kappa shape index (κ3) is 5.54. The molecule has 0 radical (unpaired) electrons. The zero-order valence-corrected chi connectivity index (χ0v) is 19.2. The Hall–Kier alpha value is -3.33. The second-order valence-corrected chi connectivity index (χ2v) is 9.09. The van der Waals surface area contributed by atoms with Crippen LogP contribution < -0.4 is 15.5 Å². The number of Topliss-reactive ketones (excluding diaryl/α,β-unsaturated/α-hetero) is 1. The largest absolute Gasteiger partial charge is 0.338 e. The SMILES string of the molecule is CC(=O)Cc1ccc(Nc2nc(NC3=NCC(C4CC4)=C3)nc(N3CCN(C)CC3)n2)cc1. The van der Waals surface area contributed by atoms with Crippen LogP contribution in [-0.4, -0.2) is 71.2 Å². The zero-order chi connectivity index (χ0) is 22.8. The molecule has 0 unspecified atom stereocenters. The van der Waals surface area contributed by atoms with E-state index < -0.39 is 0 Å². The fourth-order valence-electron chi connectivity index (χ4n) is 4.08. The monoisotopic (exact) mass is 446 g/mol. The molecule has 1 aromatic carbocycles. The third-order valence-corrected chi connectivity index (χ3v) is 6.17. The molecule has 3 heterocycles. The van der Waals surface area contributed by atoms with E-state index in [4.69, 9.17) is 9.97 Å². The summed E-state index contributed by atoms with van der Waals surface area (Å²) in [5.41, 5.74) is 3.24. The lowest BCUT2D eigenvalue weighted by molar-refractivity contribution is -0.116. The Morgan fingerprint density at radius 2 is 1.70 bits per heavy atom. The lowest BCUT2D eigenvalue weighted by Crippen LogP contribution is -2.45. The van der Waals surface area contributed by atoms with Crippen LogP contribution in [0.5, 0.6) is 0 Å². The average molecular weight is 447 g/mol. The van der Waals surface area contributed by atoms with Crippen LogP contribution in [0.3, 0.4) is 0 Å². The number of piperazine rings is 1. The highest BCUT2D eigenvalue weighted by molar-refractivity contribution is 6.05. The maximum atomic E-state index is 11.4. The molecule has 1 saturated heterocycles. The summed E-state index contributed by atoms with van der Waals surface area (Å²) in [5, 5.41) is 6.59. The maximum Gasteiger partial charge on any atom is 0.235 e. The Morgan fingerprint density at radius 1 is 1.00 bits per heavy atom. The molecule has 1 aromatic heterocycles. The Labute approximate surface area is 194 Å². The van der Waals surface area contributed by atoms with E-state index >= 15 is 0 Å². The Kier molecular flexibility index (Phi) is 6.04. The summed E-state index contributed by atoms with van der Waals surface area (Å²) in [6, 6.07) is 7.78. The zero-order valence-electron chi connectivity index (χ0n) is 19.2. The highest BCUT2D eigenvalue weighted by Crippen LogP contribution is 2.37. The normalized spacial score (nSPS) is 18.7. The summed E-state index contributed by atoms with van der Waals surface area (Å²) < 4.78 is 0. The molecule has 2 N–H and O–H groups in total. The smallest absolute Gasteiger partial charge is 0.235 e. The van der Waals surface area contributed by atoms with Gasteiger partial charge in [-0.25, -0.2) is 0 Å². The standard InChI is InChI=1S/C24H30N8O/c1-16(33)13-17-3-7-20(8-4-17)26-22-28-23(27-21-14-19(15-25-21)18-5-6-18)30-24(29-22)32-11-9-31(2)10-12-32/h3-4,7-8,14,18H,5-6,9-13,15H2,1-2H3,(H2,25,26,27,28,29,30). The number of rotatable bonds is 7. The van der Waals surface area contributed by atoms with Gasteiger partial charge >= 0.3 is 0 Å². The van der Waals surface area contributed by atoms with E-state index in [1.807, 2.05) is 24.3 Å². The van der Waals surface area contributed by atoms with Gasteiger partial charge in [0, 0.05) is 38.3 Å². The Morgan fingerprint density at radius 3 is 2.36 bits per heavy atom. The highest BCUT2D eigenvalue weighted by atomic mass is 16.1. The second kappa shape index (κ2) is 9.27. The Balaban J connectivity index is 1.37. The number of nitrogens with one attached hydrogen (secondary N) is 2. The third-order valence-electron chi connectivity index (χ3n) is 6.17. The van der Waals surface area contributed by atoms with Gasteiger partial charge in [0.2, 0.25) is 17.8 Å². The number of anilines is 4. The molecular weight excluding hydrogens is 416 g/mol. The van der Waals surface area contributed by atoms with Gasteiger partial charge in [0.25, 0.3) is 0 Å². The number of benzene rings is 1. The number of carbonyl (C=O) groups is 1. The first-order chi connectivity index (χ1) is 16.0. The second-order valence-electron chi connectivity index (χ2n) is 9.09. The van der Waals surface area contributed by atoms with Gasteiger partial charge in [-0.15, -0.1) is 0 Å². The molecule has 2 aromatic rings. The van der Waals surface area contributed by atoms with Crippen molar-refractivity contribution < 1.29 is 4.79 Å². The van der Waals surface area contributed by atoms with Gasteiger partial charge in [-0.1, -0.05) is 12.1 Å². The number of hydrogen-bond acceptors (Lipinski definition) is 9. The first-order valence-electron chi connectivity index (χ1n) is 11.6. The van der Waals surface area contributed by atoms with Gasteiger partial charge in [0.1, 0.15) is 11.6 Å². The molecule has 0 atom stereocenters. The molecule has 172 valence electrons. The number of amidine groups is 1. The number of nitrogens with zero attached hydrogens (tertiary/aromatic N) is 6. The lowest BCUT2D eigenvalue weighted by atomic mass is 10.1. The van der Waals surface area contributed by atoms with Crippen LogP contribution >= 0.6 is 0 Å². The van der Waals surface area contributed by atoms with E-state index in [9.17, 15) is 4.79 Å². The van der Waals surface area contributed by atoms with Gasteiger partial charge in [-0.05, 0) is 62.1 Å². The topological polar surface area (TPSA) is 98.6 Å². The quantitative estimate of drug-likeness (QED) is 0.670. The van der Waals surface area contributed by atoms with Crippen molar-refractivity contribution in [2.75, 3.05) is 55.3 Å². The van der Waals surface area contributed by atoms with Crippen LogP contribution in [-0.2, 0) is 11.2 Å². The lowest BCUT2D eigenvalue weighted by Gasteiger charge is -2.32. The van der Waals surface area contributed by atoms with Crippen molar-refractivity contribution in [2.45, 2.75) is 26.2 Å². The summed E-state index contributed by atoms with van der Waals surface area (Å²) in [4.78, 5) is 34.5. The molecule has 0 amide bonds. The molecule has 2 aliphatic heterocycles. The summed E-state index contributed by atoms with van der Waals surface area (Å²) in [5.74, 6) is 3.28. The molecular formula is C24H30N8O. The van der Waals surface area contributed by atoms with E-state index in [-0.39, 0.29) is 5.78 Å². The summed E-state index contributed by atoms with van der Waals surface area (Å²) in [6.45, 7) is 6.03. The summed E-state index contributed by atoms with van der Waals surface area (Å²) in [6.07, 6.45) is 5.12. The van der Waals surface area contributed by atoms with Crippen molar-refractivity contribution in [2.24, 2.45) is 10.9 Å². The highest BCUT2D eigenvalue weighted by Gasteiger charge is 2.28. The summed E-state index contributed by atoms with van der Waals surface area (Å²) >= 11 is 0. The Bertz CT molecular complexity index is 1080. The van der Waals surface area contributed by atoms with Gasteiger partial charge < -0.3 is 20.4 Å². The number of likely N-dealkylation sites (N-methyl/N-ethyl adjacent to an activating group) is 1. The predicted octanol–water partition coefficient (Wildman–Crippen LogP) is 2.66. The maximum absolute atomic E-state index is 11.4. The minimum Gasteiger partial charge on any atom is -0.338 e. The van der Waals surface area contributed by atoms with E-state index in [1.165, 1.54) is 18.4 Å². The molecule has 9 heteroatoms. The fraction of sp³-hybridized carbons (Fsp3) is 0.458. The van der Waals surface area contributed by atoms with Crippen molar-refractivity contribution in [3.63, 3.8) is 0 Å². The molecule has 3 aliphatic rings. The first kappa shape index (κ1) is 21.5. The van der Waals surface area contributed by atoms with Crippen LogP contribution in [0, 0.1) is 5.92 Å². The average Bonchev–Trinajstić information content (AvgIpc) is 3.54. The molecule has 1 aliphatic carbocycles.